The zero-order chi connectivity index (χ0) is 15.9. The molecular weight excluding hydrogens is 283 g/mol. The monoisotopic (exact) mass is 307 g/mol. The number of alkyl halides is 3. The fraction of sp³-hybridized carbons (Fsp3) is 0.933. The van der Waals surface area contributed by atoms with Crippen LogP contribution in [0.2, 0.25) is 0 Å². The van der Waals surface area contributed by atoms with Crippen LogP contribution in [0.5, 0.6) is 0 Å². The number of ether oxygens (including phenoxy) is 1. The molecule has 6 heteroatoms. The lowest BCUT2D eigenvalue weighted by Crippen LogP contribution is -2.56. The fourth-order valence-electron chi connectivity index (χ4n) is 3.49. The lowest BCUT2D eigenvalue weighted by atomic mass is 9.88. The van der Waals surface area contributed by atoms with E-state index in [-0.39, 0.29) is 18.6 Å². The molecule has 0 saturated carbocycles. The van der Waals surface area contributed by atoms with Crippen molar-refractivity contribution in [3.05, 3.63) is 0 Å². The molecule has 0 aromatic rings. The zero-order valence-electron chi connectivity index (χ0n) is 12.9. The van der Waals surface area contributed by atoms with E-state index in [9.17, 15) is 18.0 Å². The van der Waals surface area contributed by atoms with Gasteiger partial charge in [-0.05, 0) is 52.9 Å². The van der Waals surface area contributed by atoms with Crippen molar-refractivity contribution >= 4 is 5.97 Å². The molecule has 0 aromatic heterocycles. The van der Waals surface area contributed by atoms with E-state index in [0.29, 0.717) is 12.8 Å². The third-order valence-electron chi connectivity index (χ3n) is 4.61. The van der Waals surface area contributed by atoms with Gasteiger partial charge in [0.05, 0.1) is 17.5 Å². The smallest absolute Gasteiger partial charge is 0.401 e. The van der Waals surface area contributed by atoms with Crippen molar-refractivity contribution in [2.24, 2.45) is 5.41 Å². The molecule has 2 atom stereocenters. The Hall–Kier alpha value is -0.780. The molecule has 0 radical (unpaired) electrons. The van der Waals surface area contributed by atoms with Gasteiger partial charge in [0.15, 0.2) is 0 Å². The molecule has 122 valence electrons. The molecule has 0 spiro atoms. The zero-order valence-corrected chi connectivity index (χ0v) is 12.9. The van der Waals surface area contributed by atoms with Crippen molar-refractivity contribution in [2.45, 2.75) is 70.6 Å². The molecule has 2 bridgehead atoms. The Morgan fingerprint density at radius 1 is 1.24 bits per heavy atom. The summed E-state index contributed by atoms with van der Waals surface area (Å²) < 4.78 is 43.8. The first-order chi connectivity index (χ1) is 9.54. The number of carbonyl (C=O) groups is 1. The van der Waals surface area contributed by atoms with Crippen LogP contribution in [0.4, 0.5) is 13.2 Å². The topological polar surface area (TPSA) is 29.5 Å². The maximum Gasteiger partial charge on any atom is 0.401 e. The number of hydrogen-bond acceptors (Lipinski definition) is 3. The molecule has 2 saturated heterocycles. The van der Waals surface area contributed by atoms with Gasteiger partial charge in [0.25, 0.3) is 0 Å². The first kappa shape index (κ1) is 16.6. The van der Waals surface area contributed by atoms with Crippen molar-refractivity contribution in [1.29, 1.82) is 0 Å². The third kappa shape index (κ3) is 3.71. The van der Waals surface area contributed by atoms with Crippen LogP contribution in [0.25, 0.3) is 0 Å². The molecule has 2 aliphatic rings. The maximum absolute atomic E-state index is 12.8. The summed E-state index contributed by atoms with van der Waals surface area (Å²) in [7, 11) is 0. The van der Waals surface area contributed by atoms with Gasteiger partial charge >= 0.3 is 12.1 Å². The van der Waals surface area contributed by atoms with Crippen LogP contribution in [-0.4, -0.2) is 41.8 Å². The van der Waals surface area contributed by atoms with E-state index < -0.39 is 23.7 Å². The maximum atomic E-state index is 12.8. The minimum absolute atomic E-state index is 0.0197. The molecule has 2 heterocycles. The summed E-state index contributed by atoms with van der Waals surface area (Å²) in [5, 5.41) is 0. The number of hydrogen-bond donors (Lipinski definition) is 0. The summed E-state index contributed by atoms with van der Waals surface area (Å²) >= 11 is 0. The number of esters is 1. The van der Waals surface area contributed by atoms with Gasteiger partial charge in [0, 0.05) is 6.04 Å². The van der Waals surface area contributed by atoms with Gasteiger partial charge in [-0.15, -0.1) is 0 Å². The second-order valence-electron chi connectivity index (χ2n) is 7.38. The normalized spacial score (nSPS) is 30.5. The summed E-state index contributed by atoms with van der Waals surface area (Å²) in [5.74, 6) is -0.349. The average Bonchev–Trinajstić information content (AvgIpc) is 2.54. The van der Waals surface area contributed by atoms with Crippen LogP contribution in [-0.2, 0) is 9.53 Å². The first-order valence-electron chi connectivity index (χ1n) is 7.54. The summed E-state index contributed by atoms with van der Waals surface area (Å²) in [6, 6.07) is -0.0197. The predicted octanol–water partition coefficient (Wildman–Crippen LogP) is 3.53. The minimum atomic E-state index is -4.21. The molecule has 3 nitrogen and oxygen atoms in total. The number of carbonyl (C=O) groups excluding carboxylic acids is 1. The summed E-state index contributed by atoms with van der Waals surface area (Å²) in [5.41, 5.74) is -1.24. The summed E-state index contributed by atoms with van der Waals surface area (Å²) in [4.78, 5) is 13.5. The van der Waals surface area contributed by atoms with Crippen LogP contribution in [0.1, 0.15) is 52.9 Å². The van der Waals surface area contributed by atoms with Crippen LogP contribution in [0, 0.1) is 5.41 Å². The van der Waals surface area contributed by atoms with Crippen LogP contribution < -0.4 is 0 Å². The highest BCUT2D eigenvalue weighted by atomic mass is 19.4. The third-order valence-corrected chi connectivity index (χ3v) is 4.61. The molecule has 2 rings (SSSR count). The molecule has 0 aliphatic carbocycles. The van der Waals surface area contributed by atoms with Crippen molar-refractivity contribution < 1.29 is 22.7 Å². The van der Waals surface area contributed by atoms with E-state index in [1.165, 1.54) is 0 Å². The molecule has 21 heavy (non-hydrogen) atoms. The standard InChI is InChI=1S/C15H24F3NO2/c1-13(2,3)12(20)21-10-14-7-4-5-11(6-8-14)19(14)9-15(16,17)18/h11H,4-10H2,1-3H3. The van der Waals surface area contributed by atoms with Crippen molar-refractivity contribution in [3.63, 3.8) is 0 Å². The molecule has 0 amide bonds. The Balaban J connectivity index is 2.08. The van der Waals surface area contributed by atoms with Crippen LogP contribution >= 0.6 is 0 Å². The van der Waals surface area contributed by atoms with Crippen molar-refractivity contribution in [2.75, 3.05) is 13.2 Å². The highest BCUT2D eigenvalue weighted by molar-refractivity contribution is 5.75. The number of halogens is 3. The SMILES string of the molecule is CC(C)(C)C(=O)OCC12CCCC(CC1)N2CC(F)(F)F. The van der Waals surface area contributed by atoms with E-state index in [2.05, 4.69) is 0 Å². The lowest BCUT2D eigenvalue weighted by Gasteiger charge is -2.44. The fourth-order valence-corrected chi connectivity index (χ4v) is 3.49. The average molecular weight is 307 g/mol. The van der Waals surface area contributed by atoms with Gasteiger partial charge in [-0.3, -0.25) is 9.69 Å². The number of nitrogens with zero attached hydrogens (tertiary/aromatic N) is 1. The number of rotatable bonds is 3. The molecule has 2 fully saturated rings. The number of fused-ring (bicyclic) bond motifs is 2. The summed E-state index contributed by atoms with van der Waals surface area (Å²) in [6.45, 7) is 4.43. The highest BCUT2D eigenvalue weighted by Crippen LogP contribution is 2.45. The predicted molar refractivity (Wildman–Crippen MR) is 72.8 cm³/mol. The largest absolute Gasteiger partial charge is 0.463 e. The Bertz CT molecular complexity index is 399. The molecule has 0 N–H and O–H groups in total. The Morgan fingerprint density at radius 2 is 1.90 bits per heavy atom. The number of piperidine rings is 1. The molecule has 2 aliphatic heterocycles. The van der Waals surface area contributed by atoms with Crippen molar-refractivity contribution in [1.82, 2.24) is 4.90 Å². The molecule has 2 unspecified atom stereocenters. The van der Waals surface area contributed by atoms with E-state index in [1.807, 2.05) is 0 Å². The van der Waals surface area contributed by atoms with E-state index in [0.717, 1.165) is 19.3 Å². The first-order valence-corrected chi connectivity index (χ1v) is 7.54. The Morgan fingerprint density at radius 3 is 2.48 bits per heavy atom. The van der Waals surface area contributed by atoms with Crippen molar-refractivity contribution in [3.8, 4) is 0 Å². The van der Waals surface area contributed by atoms with Gasteiger partial charge in [-0.1, -0.05) is 0 Å². The minimum Gasteiger partial charge on any atom is -0.463 e. The van der Waals surface area contributed by atoms with Crippen LogP contribution in [0.3, 0.4) is 0 Å². The van der Waals surface area contributed by atoms with Gasteiger partial charge in [0.1, 0.15) is 6.61 Å². The van der Waals surface area contributed by atoms with E-state index >= 15 is 0 Å². The van der Waals surface area contributed by atoms with E-state index in [1.54, 1.807) is 25.7 Å². The summed E-state index contributed by atoms with van der Waals surface area (Å²) in [6.07, 6.45) is -0.359. The second kappa shape index (κ2) is 5.45. The lowest BCUT2D eigenvalue weighted by molar-refractivity contribution is -0.176. The Labute approximate surface area is 123 Å². The van der Waals surface area contributed by atoms with Crippen LogP contribution in [0.15, 0.2) is 0 Å². The highest BCUT2D eigenvalue weighted by Gasteiger charge is 2.52. The second-order valence-corrected chi connectivity index (χ2v) is 7.38. The van der Waals surface area contributed by atoms with Gasteiger partial charge in [-0.25, -0.2) is 0 Å². The van der Waals surface area contributed by atoms with Gasteiger partial charge < -0.3 is 4.74 Å². The quantitative estimate of drug-likeness (QED) is 0.747. The Kier molecular flexibility index (Phi) is 4.30. The van der Waals surface area contributed by atoms with E-state index in [4.69, 9.17) is 4.74 Å². The molecule has 0 aromatic carbocycles. The van der Waals surface area contributed by atoms with Gasteiger partial charge in [-0.2, -0.15) is 13.2 Å². The van der Waals surface area contributed by atoms with Gasteiger partial charge in [0.2, 0.25) is 0 Å². The molecular formula is C15H24F3NO2.